The van der Waals surface area contributed by atoms with E-state index in [-0.39, 0.29) is 17.7 Å². The van der Waals surface area contributed by atoms with Crippen LogP contribution in [0.5, 0.6) is 0 Å². The van der Waals surface area contributed by atoms with Crippen molar-refractivity contribution in [2.75, 3.05) is 25.5 Å². The number of carbonyl (C=O) groups excluding carboxylic acids is 2. The van der Waals surface area contributed by atoms with Gasteiger partial charge in [0.25, 0.3) is 5.91 Å². The minimum absolute atomic E-state index is 0.0128. The fourth-order valence-corrected chi connectivity index (χ4v) is 2.50. The molecule has 20 heavy (non-hydrogen) atoms. The third kappa shape index (κ3) is 3.49. The van der Waals surface area contributed by atoms with Crippen LogP contribution in [0.4, 0.5) is 5.69 Å². The molecule has 6 heteroatoms. The van der Waals surface area contributed by atoms with Crippen molar-refractivity contribution in [2.45, 2.75) is 12.8 Å². The van der Waals surface area contributed by atoms with Crippen molar-refractivity contribution in [1.82, 2.24) is 10.6 Å². The van der Waals surface area contributed by atoms with Crippen LogP contribution in [0.15, 0.2) is 18.2 Å². The first-order chi connectivity index (χ1) is 9.61. The average Bonchev–Trinajstić information content (AvgIpc) is 2.47. The molecule has 1 aromatic rings. The molecule has 1 aromatic carbocycles. The SMILES string of the molecule is CNC(=O)c1ccc(NC(=O)C2CCCNC2)cc1Cl. The lowest BCUT2D eigenvalue weighted by Crippen LogP contribution is -2.37. The van der Waals surface area contributed by atoms with E-state index in [2.05, 4.69) is 16.0 Å². The van der Waals surface area contributed by atoms with Crippen LogP contribution in [-0.4, -0.2) is 32.0 Å². The molecular formula is C14H18ClN3O2. The lowest BCUT2D eigenvalue weighted by atomic mass is 9.99. The van der Waals surface area contributed by atoms with E-state index < -0.39 is 0 Å². The highest BCUT2D eigenvalue weighted by Crippen LogP contribution is 2.22. The maximum Gasteiger partial charge on any atom is 0.252 e. The number of anilines is 1. The highest BCUT2D eigenvalue weighted by molar-refractivity contribution is 6.34. The number of hydrogen-bond donors (Lipinski definition) is 3. The molecule has 0 aliphatic carbocycles. The number of carbonyl (C=O) groups is 2. The Balaban J connectivity index is 2.04. The second-order valence-electron chi connectivity index (χ2n) is 4.81. The predicted octanol–water partition coefficient (Wildman–Crippen LogP) is 1.64. The van der Waals surface area contributed by atoms with Crippen LogP contribution in [0.3, 0.4) is 0 Å². The summed E-state index contributed by atoms with van der Waals surface area (Å²) in [5.41, 5.74) is 1.00. The lowest BCUT2D eigenvalue weighted by Gasteiger charge is -2.22. The summed E-state index contributed by atoms with van der Waals surface area (Å²) in [6.45, 7) is 1.67. The van der Waals surface area contributed by atoms with Crippen molar-refractivity contribution in [1.29, 1.82) is 0 Å². The van der Waals surface area contributed by atoms with E-state index in [1.807, 2.05) is 0 Å². The van der Waals surface area contributed by atoms with Crippen LogP contribution in [0, 0.1) is 5.92 Å². The van der Waals surface area contributed by atoms with Crippen molar-refractivity contribution < 1.29 is 9.59 Å². The molecule has 2 amide bonds. The van der Waals surface area contributed by atoms with Crippen LogP contribution in [0.2, 0.25) is 5.02 Å². The fraction of sp³-hybridized carbons (Fsp3) is 0.429. The van der Waals surface area contributed by atoms with Gasteiger partial charge in [-0.25, -0.2) is 0 Å². The van der Waals surface area contributed by atoms with Gasteiger partial charge in [-0.05, 0) is 37.6 Å². The third-order valence-corrected chi connectivity index (χ3v) is 3.69. The molecule has 0 bridgehead atoms. The molecule has 3 N–H and O–H groups in total. The van der Waals surface area contributed by atoms with Crippen molar-refractivity contribution in [3.63, 3.8) is 0 Å². The molecule has 0 spiro atoms. The zero-order valence-corrected chi connectivity index (χ0v) is 12.1. The summed E-state index contributed by atoms with van der Waals surface area (Å²) in [5, 5.41) is 8.88. The van der Waals surface area contributed by atoms with E-state index in [1.54, 1.807) is 25.2 Å². The molecule has 1 atom stereocenters. The normalized spacial score (nSPS) is 18.4. The van der Waals surface area contributed by atoms with Gasteiger partial charge in [0, 0.05) is 19.3 Å². The van der Waals surface area contributed by atoms with E-state index >= 15 is 0 Å². The molecular weight excluding hydrogens is 278 g/mol. The molecule has 1 unspecified atom stereocenters. The second-order valence-corrected chi connectivity index (χ2v) is 5.21. The van der Waals surface area contributed by atoms with E-state index in [1.165, 1.54) is 0 Å². The molecule has 1 fully saturated rings. The summed E-state index contributed by atoms with van der Waals surface area (Å²) in [4.78, 5) is 23.6. The van der Waals surface area contributed by atoms with Gasteiger partial charge in [-0.3, -0.25) is 9.59 Å². The Morgan fingerprint density at radius 2 is 2.20 bits per heavy atom. The van der Waals surface area contributed by atoms with E-state index in [0.29, 0.717) is 22.8 Å². The van der Waals surface area contributed by atoms with Crippen LogP contribution < -0.4 is 16.0 Å². The largest absolute Gasteiger partial charge is 0.355 e. The Bertz CT molecular complexity index is 513. The minimum atomic E-state index is -0.246. The van der Waals surface area contributed by atoms with Crippen LogP contribution in [-0.2, 0) is 4.79 Å². The number of amides is 2. The zero-order valence-electron chi connectivity index (χ0n) is 11.3. The summed E-state index contributed by atoms with van der Waals surface area (Å²) in [6, 6.07) is 4.89. The second kappa shape index (κ2) is 6.72. The fourth-order valence-electron chi connectivity index (χ4n) is 2.23. The van der Waals surface area contributed by atoms with Gasteiger partial charge < -0.3 is 16.0 Å². The van der Waals surface area contributed by atoms with Crippen molar-refractivity contribution in [3.8, 4) is 0 Å². The maximum atomic E-state index is 12.1. The van der Waals surface area contributed by atoms with Gasteiger partial charge >= 0.3 is 0 Å². The summed E-state index contributed by atoms with van der Waals surface area (Å²) in [5.74, 6) is -0.272. The van der Waals surface area contributed by atoms with E-state index in [0.717, 1.165) is 19.4 Å². The molecule has 0 aromatic heterocycles. The quantitative estimate of drug-likeness (QED) is 0.794. The van der Waals surface area contributed by atoms with Gasteiger partial charge in [-0.15, -0.1) is 0 Å². The van der Waals surface area contributed by atoms with Gasteiger partial charge in [0.15, 0.2) is 0 Å². The first-order valence-electron chi connectivity index (χ1n) is 6.65. The molecule has 108 valence electrons. The highest BCUT2D eigenvalue weighted by atomic mass is 35.5. The molecule has 0 saturated carbocycles. The van der Waals surface area contributed by atoms with E-state index in [9.17, 15) is 9.59 Å². The molecule has 5 nitrogen and oxygen atoms in total. The Labute approximate surface area is 123 Å². The summed E-state index contributed by atoms with van der Waals surface area (Å²) in [7, 11) is 1.55. The van der Waals surface area contributed by atoms with Crippen molar-refractivity contribution >= 4 is 29.1 Å². The van der Waals surface area contributed by atoms with Crippen LogP contribution in [0.25, 0.3) is 0 Å². The highest BCUT2D eigenvalue weighted by Gasteiger charge is 2.21. The number of nitrogens with one attached hydrogen (secondary N) is 3. The van der Waals surface area contributed by atoms with Gasteiger partial charge in [-0.1, -0.05) is 11.6 Å². The zero-order chi connectivity index (χ0) is 14.5. The number of piperidine rings is 1. The molecule has 0 radical (unpaired) electrons. The Kier molecular flexibility index (Phi) is 4.98. The first kappa shape index (κ1) is 14.8. The van der Waals surface area contributed by atoms with Gasteiger partial charge in [0.05, 0.1) is 16.5 Å². The topological polar surface area (TPSA) is 70.2 Å². The van der Waals surface area contributed by atoms with Crippen molar-refractivity contribution in [3.05, 3.63) is 28.8 Å². The average molecular weight is 296 g/mol. The molecule has 1 aliphatic rings. The molecule has 1 heterocycles. The van der Waals surface area contributed by atoms with Gasteiger partial charge in [0.1, 0.15) is 0 Å². The first-order valence-corrected chi connectivity index (χ1v) is 7.03. The Morgan fingerprint density at radius 3 is 2.80 bits per heavy atom. The number of benzene rings is 1. The van der Waals surface area contributed by atoms with Crippen LogP contribution >= 0.6 is 11.6 Å². The minimum Gasteiger partial charge on any atom is -0.355 e. The maximum absolute atomic E-state index is 12.1. The Hall–Kier alpha value is -1.59. The summed E-state index contributed by atoms with van der Waals surface area (Å²) in [6.07, 6.45) is 1.90. The third-order valence-electron chi connectivity index (χ3n) is 3.38. The number of rotatable bonds is 3. The number of hydrogen-bond acceptors (Lipinski definition) is 3. The monoisotopic (exact) mass is 295 g/mol. The summed E-state index contributed by atoms with van der Waals surface area (Å²) >= 11 is 6.05. The summed E-state index contributed by atoms with van der Waals surface area (Å²) < 4.78 is 0. The van der Waals surface area contributed by atoms with Gasteiger partial charge in [0.2, 0.25) is 5.91 Å². The van der Waals surface area contributed by atoms with Gasteiger partial charge in [-0.2, -0.15) is 0 Å². The standard InChI is InChI=1S/C14H18ClN3O2/c1-16-14(20)11-5-4-10(7-12(11)15)18-13(19)9-3-2-6-17-8-9/h4-5,7,9,17H,2-3,6,8H2,1H3,(H,16,20)(H,18,19). The Morgan fingerprint density at radius 1 is 1.40 bits per heavy atom. The smallest absolute Gasteiger partial charge is 0.252 e. The lowest BCUT2D eigenvalue weighted by molar-refractivity contribution is -0.120. The van der Waals surface area contributed by atoms with E-state index in [4.69, 9.17) is 11.6 Å². The molecule has 1 aliphatic heterocycles. The molecule has 1 saturated heterocycles. The number of halogens is 1. The van der Waals surface area contributed by atoms with Crippen molar-refractivity contribution in [2.24, 2.45) is 5.92 Å². The predicted molar refractivity (Wildman–Crippen MR) is 79.1 cm³/mol. The van der Waals surface area contributed by atoms with Crippen LogP contribution in [0.1, 0.15) is 23.2 Å². The molecule has 2 rings (SSSR count).